The number of hydrogen-bond acceptors (Lipinski definition) is 9. The van der Waals surface area contributed by atoms with E-state index in [1.165, 1.54) is 6.92 Å². The highest BCUT2D eigenvalue weighted by Gasteiger charge is 2.49. The van der Waals surface area contributed by atoms with Crippen molar-refractivity contribution in [2.75, 3.05) is 0 Å². The topological polar surface area (TPSA) is 138 Å². The monoisotopic (exact) mass is 400 g/mol. The van der Waals surface area contributed by atoms with Crippen LogP contribution in [-0.4, -0.2) is 86.9 Å². The van der Waals surface area contributed by atoms with Crippen LogP contribution in [0.4, 0.5) is 0 Å². The number of ether oxygens (including phenoxy) is 4. The Bertz CT molecular complexity index is 615. The zero-order chi connectivity index (χ0) is 20.4. The van der Waals surface area contributed by atoms with Crippen molar-refractivity contribution >= 4 is 0 Å². The minimum absolute atomic E-state index is 0.173. The van der Waals surface area contributed by atoms with E-state index in [0.717, 1.165) is 5.56 Å². The van der Waals surface area contributed by atoms with E-state index in [0.29, 0.717) is 0 Å². The fraction of sp³-hybridized carbons (Fsp3) is 0.684. The van der Waals surface area contributed by atoms with Crippen LogP contribution >= 0.6 is 0 Å². The third-order valence-corrected chi connectivity index (χ3v) is 5.14. The molecule has 10 atom stereocenters. The van der Waals surface area contributed by atoms with Crippen LogP contribution in [-0.2, 0) is 25.6 Å². The summed E-state index contributed by atoms with van der Waals surface area (Å²) in [4.78, 5) is 0. The van der Waals surface area contributed by atoms with Crippen LogP contribution in [0.5, 0.6) is 0 Å². The van der Waals surface area contributed by atoms with E-state index < -0.39 is 61.4 Å². The molecule has 1 aromatic carbocycles. The highest BCUT2D eigenvalue weighted by Crippen LogP contribution is 2.29. The maximum Gasteiger partial charge on any atom is 0.187 e. The van der Waals surface area contributed by atoms with Gasteiger partial charge in [-0.05, 0) is 19.4 Å². The lowest BCUT2D eigenvalue weighted by Crippen LogP contribution is -2.63. The van der Waals surface area contributed by atoms with Crippen LogP contribution in [0.15, 0.2) is 30.3 Å². The van der Waals surface area contributed by atoms with Crippen molar-refractivity contribution < 1.29 is 44.5 Å². The molecule has 0 amide bonds. The summed E-state index contributed by atoms with van der Waals surface area (Å²) in [5.74, 6) is 0. The molecule has 1 aromatic rings. The predicted octanol–water partition coefficient (Wildman–Crippen LogP) is -1.12. The quantitative estimate of drug-likeness (QED) is 0.416. The van der Waals surface area contributed by atoms with Gasteiger partial charge in [-0.25, -0.2) is 0 Å². The van der Waals surface area contributed by atoms with Crippen molar-refractivity contribution in [2.45, 2.75) is 81.9 Å². The first-order valence-electron chi connectivity index (χ1n) is 9.32. The van der Waals surface area contributed by atoms with E-state index in [1.807, 2.05) is 30.3 Å². The van der Waals surface area contributed by atoms with E-state index in [-0.39, 0.29) is 6.61 Å². The smallest absolute Gasteiger partial charge is 0.187 e. The van der Waals surface area contributed by atoms with Gasteiger partial charge in [0, 0.05) is 0 Å². The van der Waals surface area contributed by atoms with Gasteiger partial charge in [-0.15, -0.1) is 0 Å². The Morgan fingerprint density at radius 2 is 1.32 bits per heavy atom. The summed E-state index contributed by atoms with van der Waals surface area (Å²) in [6.07, 6.45) is -12.0. The third-order valence-electron chi connectivity index (χ3n) is 5.14. The standard InChI is InChI=1S/C19H28O9/c1-9-12(20)14(22)16(24)18(26-9)28-17-15(23)13(21)10(2)27-19(17)25-8-11-6-4-3-5-7-11/h3-7,9-10,12-24H,8H2,1-2H3. The highest BCUT2D eigenvalue weighted by molar-refractivity contribution is 5.13. The van der Waals surface area contributed by atoms with Crippen molar-refractivity contribution in [3.05, 3.63) is 35.9 Å². The summed E-state index contributed by atoms with van der Waals surface area (Å²) in [6.45, 7) is 3.29. The van der Waals surface area contributed by atoms with Gasteiger partial charge in [0.2, 0.25) is 0 Å². The molecule has 2 saturated heterocycles. The molecule has 2 aliphatic rings. The number of rotatable bonds is 5. The normalized spacial score (nSPS) is 44.4. The fourth-order valence-corrected chi connectivity index (χ4v) is 3.31. The molecule has 3 rings (SSSR count). The van der Waals surface area contributed by atoms with Gasteiger partial charge in [0.05, 0.1) is 18.8 Å². The SMILES string of the molecule is CC1OC(OC2C(OCc3ccccc3)OC(C)C(O)C2O)C(O)C(O)C1O. The first-order valence-corrected chi connectivity index (χ1v) is 9.32. The fourth-order valence-electron chi connectivity index (χ4n) is 3.31. The Labute approximate surface area is 163 Å². The Balaban J connectivity index is 1.72. The summed E-state index contributed by atoms with van der Waals surface area (Å²) in [7, 11) is 0. The van der Waals surface area contributed by atoms with Crippen LogP contribution in [0.1, 0.15) is 19.4 Å². The zero-order valence-corrected chi connectivity index (χ0v) is 15.7. The summed E-state index contributed by atoms with van der Waals surface area (Å²) in [5.41, 5.74) is 0.874. The van der Waals surface area contributed by atoms with Crippen LogP contribution in [0.3, 0.4) is 0 Å². The maximum absolute atomic E-state index is 10.5. The molecule has 0 spiro atoms. The molecule has 0 bridgehead atoms. The molecule has 0 aromatic heterocycles. The predicted molar refractivity (Wildman–Crippen MR) is 94.8 cm³/mol. The molecule has 158 valence electrons. The molecule has 2 aliphatic heterocycles. The number of aliphatic hydroxyl groups excluding tert-OH is 5. The molecule has 0 saturated carbocycles. The summed E-state index contributed by atoms with van der Waals surface area (Å²) >= 11 is 0. The molecular formula is C19H28O9. The largest absolute Gasteiger partial charge is 0.388 e. The summed E-state index contributed by atoms with van der Waals surface area (Å²) in [6, 6.07) is 9.31. The van der Waals surface area contributed by atoms with E-state index in [2.05, 4.69) is 0 Å². The molecule has 9 nitrogen and oxygen atoms in total. The van der Waals surface area contributed by atoms with Crippen LogP contribution in [0, 0.1) is 0 Å². The van der Waals surface area contributed by atoms with E-state index >= 15 is 0 Å². The average Bonchev–Trinajstić information content (AvgIpc) is 2.70. The van der Waals surface area contributed by atoms with E-state index in [4.69, 9.17) is 18.9 Å². The van der Waals surface area contributed by atoms with Gasteiger partial charge in [0.15, 0.2) is 12.6 Å². The molecule has 9 heteroatoms. The molecule has 0 aliphatic carbocycles. The van der Waals surface area contributed by atoms with Gasteiger partial charge in [-0.1, -0.05) is 30.3 Å². The van der Waals surface area contributed by atoms with Crippen LogP contribution in [0.2, 0.25) is 0 Å². The second-order valence-electron chi connectivity index (χ2n) is 7.27. The average molecular weight is 400 g/mol. The van der Waals surface area contributed by atoms with Gasteiger partial charge in [-0.3, -0.25) is 0 Å². The van der Waals surface area contributed by atoms with Crippen molar-refractivity contribution in [1.29, 1.82) is 0 Å². The minimum atomic E-state index is -1.55. The number of hydrogen-bond donors (Lipinski definition) is 5. The molecule has 0 radical (unpaired) electrons. The second kappa shape index (κ2) is 9.12. The van der Waals surface area contributed by atoms with Gasteiger partial charge in [0.25, 0.3) is 0 Å². The number of aliphatic hydroxyl groups is 5. The first-order chi connectivity index (χ1) is 13.3. The Kier molecular flexibility index (Phi) is 7.02. The Hall–Kier alpha value is -1.14. The lowest BCUT2D eigenvalue weighted by Gasteiger charge is -2.45. The third kappa shape index (κ3) is 4.54. The molecule has 2 heterocycles. The van der Waals surface area contributed by atoms with Crippen LogP contribution < -0.4 is 0 Å². The van der Waals surface area contributed by atoms with Crippen molar-refractivity contribution in [3.63, 3.8) is 0 Å². The van der Waals surface area contributed by atoms with Gasteiger partial charge in [0.1, 0.15) is 36.6 Å². The summed E-state index contributed by atoms with van der Waals surface area (Å²) < 4.78 is 22.5. The van der Waals surface area contributed by atoms with Gasteiger partial charge < -0.3 is 44.5 Å². The lowest BCUT2D eigenvalue weighted by atomic mass is 9.98. The van der Waals surface area contributed by atoms with Crippen molar-refractivity contribution in [1.82, 2.24) is 0 Å². The van der Waals surface area contributed by atoms with Crippen molar-refractivity contribution in [2.24, 2.45) is 0 Å². The Morgan fingerprint density at radius 3 is 1.96 bits per heavy atom. The minimum Gasteiger partial charge on any atom is -0.388 e. The summed E-state index contributed by atoms with van der Waals surface area (Å²) in [5, 5.41) is 50.6. The van der Waals surface area contributed by atoms with E-state index in [1.54, 1.807) is 6.92 Å². The van der Waals surface area contributed by atoms with Gasteiger partial charge >= 0.3 is 0 Å². The first kappa shape index (κ1) is 21.6. The zero-order valence-electron chi connectivity index (χ0n) is 15.7. The maximum atomic E-state index is 10.5. The molecule has 28 heavy (non-hydrogen) atoms. The lowest BCUT2D eigenvalue weighted by molar-refractivity contribution is -0.363. The highest BCUT2D eigenvalue weighted by atomic mass is 16.8. The molecule has 10 unspecified atom stereocenters. The second-order valence-corrected chi connectivity index (χ2v) is 7.27. The van der Waals surface area contributed by atoms with Crippen LogP contribution in [0.25, 0.3) is 0 Å². The number of benzene rings is 1. The van der Waals surface area contributed by atoms with E-state index in [9.17, 15) is 25.5 Å². The Morgan fingerprint density at radius 1 is 0.750 bits per heavy atom. The van der Waals surface area contributed by atoms with Gasteiger partial charge in [-0.2, -0.15) is 0 Å². The molecular weight excluding hydrogens is 372 g/mol. The molecule has 5 N–H and O–H groups in total. The molecule has 2 fully saturated rings. The van der Waals surface area contributed by atoms with Crippen molar-refractivity contribution in [3.8, 4) is 0 Å².